The minimum atomic E-state index is -1.52. The van der Waals surface area contributed by atoms with E-state index in [1.165, 1.54) is 25.1 Å². The van der Waals surface area contributed by atoms with Crippen LogP contribution in [-0.4, -0.2) is 12.0 Å². The third-order valence-electron chi connectivity index (χ3n) is 1.57. The predicted octanol–water partition coefficient (Wildman–Crippen LogP) is 3.53. The van der Waals surface area contributed by atoms with Gasteiger partial charge in [-0.15, -0.1) is 0 Å². The lowest BCUT2D eigenvalue weighted by atomic mass is 10.1. The van der Waals surface area contributed by atoms with Crippen LogP contribution in [0.2, 0.25) is 10.0 Å². The van der Waals surface area contributed by atoms with Crippen molar-refractivity contribution in [3.05, 3.63) is 33.8 Å². The number of Topliss-reactive ketones (excluding diaryl/α,β-unsaturated/α-hetero) is 1. The van der Waals surface area contributed by atoms with E-state index in [4.69, 9.17) is 23.2 Å². The second-order valence-corrected chi connectivity index (χ2v) is 3.42. The third kappa shape index (κ3) is 2.42. The Kier molecular flexibility index (Phi) is 3.28. The van der Waals surface area contributed by atoms with Crippen molar-refractivity contribution < 1.29 is 9.18 Å². The van der Waals surface area contributed by atoms with Crippen molar-refractivity contribution in [3.8, 4) is 0 Å². The van der Waals surface area contributed by atoms with Crippen LogP contribution in [0.4, 0.5) is 4.39 Å². The van der Waals surface area contributed by atoms with Crippen molar-refractivity contribution in [1.29, 1.82) is 0 Å². The summed E-state index contributed by atoms with van der Waals surface area (Å²) in [5.41, 5.74) is 0.240. The highest BCUT2D eigenvalue weighted by Crippen LogP contribution is 2.23. The first-order valence-electron chi connectivity index (χ1n) is 3.65. The molecule has 1 nitrogen and oxygen atoms in total. The van der Waals surface area contributed by atoms with E-state index in [9.17, 15) is 9.18 Å². The van der Waals surface area contributed by atoms with Crippen molar-refractivity contribution in [2.45, 2.75) is 13.1 Å². The quantitative estimate of drug-likeness (QED) is 0.698. The molecule has 1 aromatic rings. The Morgan fingerprint density at radius 2 is 2.00 bits per heavy atom. The molecule has 0 aliphatic heterocycles. The Balaban J connectivity index is 3.04. The molecule has 1 aromatic carbocycles. The van der Waals surface area contributed by atoms with E-state index in [1.54, 1.807) is 0 Å². The van der Waals surface area contributed by atoms with Crippen LogP contribution in [0.5, 0.6) is 0 Å². The van der Waals surface area contributed by atoms with Gasteiger partial charge < -0.3 is 0 Å². The normalized spacial score (nSPS) is 12.6. The first kappa shape index (κ1) is 10.5. The Hall–Kier alpha value is -0.600. The highest BCUT2D eigenvalue weighted by atomic mass is 35.5. The number of carbonyl (C=O) groups excluding carboxylic acids is 1. The smallest absolute Gasteiger partial charge is 0.196 e. The summed E-state index contributed by atoms with van der Waals surface area (Å²) in [7, 11) is 0. The van der Waals surface area contributed by atoms with E-state index in [2.05, 4.69) is 0 Å². The zero-order valence-electron chi connectivity index (χ0n) is 6.85. The molecular formula is C9H7Cl2FO. The molecule has 0 aliphatic carbocycles. The molecule has 0 N–H and O–H groups in total. The van der Waals surface area contributed by atoms with Crippen LogP contribution in [0.15, 0.2) is 18.2 Å². The van der Waals surface area contributed by atoms with Gasteiger partial charge in [0.2, 0.25) is 0 Å². The van der Waals surface area contributed by atoms with Gasteiger partial charge in [-0.25, -0.2) is 4.39 Å². The van der Waals surface area contributed by atoms with Crippen molar-refractivity contribution in [2.24, 2.45) is 0 Å². The molecule has 0 fully saturated rings. The minimum Gasteiger partial charge on any atom is -0.291 e. The van der Waals surface area contributed by atoms with Crippen LogP contribution in [0.3, 0.4) is 0 Å². The molecular weight excluding hydrogens is 214 g/mol. The van der Waals surface area contributed by atoms with E-state index in [-0.39, 0.29) is 10.6 Å². The van der Waals surface area contributed by atoms with Crippen molar-refractivity contribution in [3.63, 3.8) is 0 Å². The van der Waals surface area contributed by atoms with Gasteiger partial charge in [0, 0.05) is 5.56 Å². The van der Waals surface area contributed by atoms with Gasteiger partial charge in [0.15, 0.2) is 12.0 Å². The molecule has 1 rings (SSSR count). The first-order chi connectivity index (χ1) is 6.02. The lowest BCUT2D eigenvalue weighted by molar-refractivity contribution is 0.0893. The monoisotopic (exact) mass is 220 g/mol. The number of benzene rings is 1. The summed E-state index contributed by atoms with van der Waals surface area (Å²) in [6.07, 6.45) is -1.52. The van der Waals surface area contributed by atoms with Crippen LogP contribution >= 0.6 is 23.2 Å². The molecule has 0 aromatic heterocycles. The average Bonchev–Trinajstić information content (AvgIpc) is 2.08. The van der Waals surface area contributed by atoms with Gasteiger partial charge in [0.1, 0.15) is 0 Å². The van der Waals surface area contributed by atoms with E-state index in [0.29, 0.717) is 5.02 Å². The average molecular weight is 221 g/mol. The molecule has 0 aliphatic rings. The second kappa shape index (κ2) is 4.07. The maximum Gasteiger partial charge on any atom is 0.196 e. The Morgan fingerprint density at radius 3 is 2.46 bits per heavy atom. The summed E-state index contributed by atoms with van der Waals surface area (Å²) in [6, 6.07) is 4.29. The van der Waals surface area contributed by atoms with E-state index < -0.39 is 12.0 Å². The topological polar surface area (TPSA) is 17.1 Å². The number of ketones is 1. The van der Waals surface area contributed by atoms with Crippen molar-refractivity contribution >= 4 is 29.0 Å². The fraction of sp³-hybridized carbons (Fsp3) is 0.222. The molecule has 0 amide bonds. The largest absolute Gasteiger partial charge is 0.291 e. The van der Waals surface area contributed by atoms with Crippen LogP contribution in [0.25, 0.3) is 0 Å². The zero-order chi connectivity index (χ0) is 10.0. The maximum atomic E-state index is 12.6. The van der Waals surface area contributed by atoms with Gasteiger partial charge in [-0.05, 0) is 25.1 Å². The molecule has 1 unspecified atom stereocenters. The number of hydrogen-bond acceptors (Lipinski definition) is 1. The molecule has 0 saturated carbocycles. The molecule has 70 valence electrons. The SMILES string of the molecule is CC(F)C(=O)c1ccc(Cl)c(Cl)c1. The number of alkyl halides is 1. The summed E-state index contributed by atoms with van der Waals surface area (Å²) >= 11 is 11.3. The lowest BCUT2D eigenvalue weighted by Gasteiger charge is -2.02. The van der Waals surface area contributed by atoms with Crippen LogP contribution in [-0.2, 0) is 0 Å². The highest BCUT2D eigenvalue weighted by molar-refractivity contribution is 6.42. The summed E-state index contributed by atoms with van der Waals surface area (Å²) in [4.78, 5) is 11.1. The number of hydrogen-bond donors (Lipinski definition) is 0. The van der Waals surface area contributed by atoms with Crippen LogP contribution in [0, 0.1) is 0 Å². The Labute approximate surface area is 85.5 Å². The van der Waals surface area contributed by atoms with Gasteiger partial charge >= 0.3 is 0 Å². The predicted molar refractivity (Wildman–Crippen MR) is 51.4 cm³/mol. The van der Waals surface area contributed by atoms with E-state index in [0.717, 1.165) is 0 Å². The van der Waals surface area contributed by atoms with Crippen molar-refractivity contribution in [2.75, 3.05) is 0 Å². The number of halogens is 3. The lowest BCUT2D eigenvalue weighted by Crippen LogP contribution is -2.11. The van der Waals surface area contributed by atoms with Crippen LogP contribution < -0.4 is 0 Å². The van der Waals surface area contributed by atoms with Gasteiger partial charge in [0.25, 0.3) is 0 Å². The molecule has 1 atom stereocenters. The first-order valence-corrected chi connectivity index (χ1v) is 4.41. The van der Waals surface area contributed by atoms with E-state index in [1.807, 2.05) is 0 Å². The number of carbonyl (C=O) groups is 1. The Morgan fingerprint density at radius 1 is 1.38 bits per heavy atom. The number of rotatable bonds is 2. The molecule has 0 heterocycles. The van der Waals surface area contributed by atoms with Gasteiger partial charge in [-0.3, -0.25) is 4.79 Å². The van der Waals surface area contributed by atoms with Gasteiger partial charge in [-0.1, -0.05) is 23.2 Å². The maximum absolute atomic E-state index is 12.6. The zero-order valence-corrected chi connectivity index (χ0v) is 8.36. The van der Waals surface area contributed by atoms with Crippen LogP contribution in [0.1, 0.15) is 17.3 Å². The molecule has 4 heteroatoms. The third-order valence-corrected chi connectivity index (χ3v) is 2.30. The summed E-state index contributed by atoms with van der Waals surface area (Å²) < 4.78 is 12.6. The Bertz CT molecular complexity index is 336. The van der Waals surface area contributed by atoms with Gasteiger partial charge in [0.05, 0.1) is 10.0 Å². The summed E-state index contributed by atoms with van der Waals surface area (Å²) in [5, 5.41) is 0.609. The highest BCUT2D eigenvalue weighted by Gasteiger charge is 2.14. The van der Waals surface area contributed by atoms with Gasteiger partial charge in [-0.2, -0.15) is 0 Å². The molecule has 0 bridgehead atoms. The standard InChI is InChI=1S/C9H7Cl2FO/c1-5(12)9(13)6-2-3-7(10)8(11)4-6/h2-5H,1H3. The molecule has 0 spiro atoms. The molecule has 13 heavy (non-hydrogen) atoms. The summed E-state index contributed by atoms with van der Waals surface area (Å²) in [5.74, 6) is -0.585. The summed E-state index contributed by atoms with van der Waals surface area (Å²) in [6.45, 7) is 1.19. The molecule has 0 radical (unpaired) electrons. The van der Waals surface area contributed by atoms with E-state index >= 15 is 0 Å². The fourth-order valence-electron chi connectivity index (χ4n) is 0.879. The fourth-order valence-corrected chi connectivity index (χ4v) is 1.18. The van der Waals surface area contributed by atoms with Crippen molar-refractivity contribution in [1.82, 2.24) is 0 Å². The molecule has 0 saturated heterocycles. The minimum absolute atomic E-state index is 0.240. The second-order valence-electron chi connectivity index (χ2n) is 2.61.